The van der Waals surface area contributed by atoms with Crippen molar-refractivity contribution >= 4 is 5.69 Å². The van der Waals surface area contributed by atoms with Gasteiger partial charge in [0.2, 0.25) is 0 Å². The maximum absolute atomic E-state index is 5.51. The van der Waals surface area contributed by atoms with Crippen LogP contribution in [0.2, 0.25) is 0 Å². The minimum atomic E-state index is 0.674. The monoisotopic (exact) mass is 163 g/mol. The first-order valence-corrected chi connectivity index (χ1v) is 3.92. The molecule has 0 bridgehead atoms. The standard InChI is InChI=1S/C10H13NO/c1-2-3-8-12-10-6-4-9(11)5-7-10/h2,4-7H,1,3,8,11H2. The molecule has 2 nitrogen and oxygen atoms in total. The predicted molar refractivity (Wildman–Crippen MR) is 51.2 cm³/mol. The van der Waals surface area contributed by atoms with Crippen LogP contribution in [0, 0.1) is 0 Å². The maximum atomic E-state index is 5.51. The molecular formula is C10H13NO. The Morgan fingerprint density at radius 3 is 2.58 bits per heavy atom. The smallest absolute Gasteiger partial charge is 0.119 e. The first-order chi connectivity index (χ1) is 5.83. The molecular weight excluding hydrogens is 150 g/mol. The van der Waals surface area contributed by atoms with Crippen molar-refractivity contribution in [3.63, 3.8) is 0 Å². The van der Waals surface area contributed by atoms with Gasteiger partial charge in [-0.2, -0.15) is 0 Å². The molecule has 0 aliphatic heterocycles. The van der Waals surface area contributed by atoms with Crippen molar-refractivity contribution in [2.45, 2.75) is 6.42 Å². The third-order valence-corrected chi connectivity index (χ3v) is 1.47. The summed E-state index contributed by atoms with van der Waals surface area (Å²) in [5, 5.41) is 0. The summed E-state index contributed by atoms with van der Waals surface area (Å²) in [6.07, 6.45) is 2.70. The highest BCUT2D eigenvalue weighted by Crippen LogP contribution is 2.12. The summed E-state index contributed by atoms with van der Waals surface area (Å²) in [7, 11) is 0. The van der Waals surface area contributed by atoms with E-state index < -0.39 is 0 Å². The lowest BCUT2D eigenvalue weighted by Crippen LogP contribution is -1.95. The number of ether oxygens (including phenoxy) is 1. The molecule has 0 radical (unpaired) electrons. The first kappa shape index (κ1) is 8.65. The van der Waals surface area contributed by atoms with Crippen molar-refractivity contribution in [1.82, 2.24) is 0 Å². The van der Waals surface area contributed by atoms with E-state index in [4.69, 9.17) is 10.5 Å². The fourth-order valence-corrected chi connectivity index (χ4v) is 0.824. The normalized spacial score (nSPS) is 9.33. The van der Waals surface area contributed by atoms with Gasteiger partial charge in [-0.15, -0.1) is 6.58 Å². The van der Waals surface area contributed by atoms with E-state index >= 15 is 0 Å². The van der Waals surface area contributed by atoms with Crippen LogP contribution in [0.25, 0.3) is 0 Å². The van der Waals surface area contributed by atoms with Gasteiger partial charge in [-0.25, -0.2) is 0 Å². The highest BCUT2D eigenvalue weighted by atomic mass is 16.5. The zero-order valence-corrected chi connectivity index (χ0v) is 6.99. The molecule has 0 fully saturated rings. The van der Waals surface area contributed by atoms with Crippen molar-refractivity contribution in [2.75, 3.05) is 12.3 Å². The van der Waals surface area contributed by atoms with E-state index in [0.29, 0.717) is 6.61 Å². The van der Waals surface area contributed by atoms with E-state index in [1.807, 2.05) is 30.3 Å². The second-order valence-electron chi connectivity index (χ2n) is 2.49. The Morgan fingerprint density at radius 1 is 1.33 bits per heavy atom. The second kappa shape index (κ2) is 4.44. The van der Waals surface area contributed by atoms with Crippen LogP contribution in [0.5, 0.6) is 5.75 Å². The first-order valence-electron chi connectivity index (χ1n) is 3.92. The van der Waals surface area contributed by atoms with E-state index in [1.165, 1.54) is 0 Å². The number of anilines is 1. The molecule has 0 heterocycles. The molecule has 0 saturated carbocycles. The summed E-state index contributed by atoms with van der Waals surface area (Å²) in [5.74, 6) is 0.853. The SMILES string of the molecule is C=CCCOc1ccc(N)cc1. The molecule has 0 aliphatic rings. The van der Waals surface area contributed by atoms with Gasteiger partial charge >= 0.3 is 0 Å². The van der Waals surface area contributed by atoms with Crippen LogP contribution in [0.3, 0.4) is 0 Å². The van der Waals surface area contributed by atoms with Crippen LogP contribution in [-0.4, -0.2) is 6.61 Å². The average molecular weight is 163 g/mol. The van der Waals surface area contributed by atoms with Crippen LogP contribution in [0.1, 0.15) is 6.42 Å². The van der Waals surface area contributed by atoms with Crippen LogP contribution in [0.15, 0.2) is 36.9 Å². The Hall–Kier alpha value is -1.44. The van der Waals surface area contributed by atoms with Gasteiger partial charge in [0.25, 0.3) is 0 Å². The number of hydrogen-bond acceptors (Lipinski definition) is 2. The van der Waals surface area contributed by atoms with Crippen LogP contribution >= 0.6 is 0 Å². The minimum absolute atomic E-state index is 0.674. The van der Waals surface area contributed by atoms with Gasteiger partial charge in [0.05, 0.1) is 6.61 Å². The number of nitrogens with two attached hydrogens (primary N) is 1. The maximum Gasteiger partial charge on any atom is 0.119 e. The Balaban J connectivity index is 2.42. The van der Waals surface area contributed by atoms with E-state index in [2.05, 4.69) is 6.58 Å². The third-order valence-electron chi connectivity index (χ3n) is 1.47. The number of hydrogen-bond donors (Lipinski definition) is 1. The van der Waals surface area contributed by atoms with Gasteiger partial charge < -0.3 is 10.5 Å². The highest BCUT2D eigenvalue weighted by molar-refractivity contribution is 5.41. The van der Waals surface area contributed by atoms with Gasteiger partial charge in [0.1, 0.15) is 5.75 Å². The van der Waals surface area contributed by atoms with Gasteiger partial charge in [-0.05, 0) is 30.7 Å². The van der Waals surface area contributed by atoms with Crippen molar-refractivity contribution in [2.24, 2.45) is 0 Å². The van der Waals surface area contributed by atoms with E-state index in [-0.39, 0.29) is 0 Å². The fourth-order valence-electron chi connectivity index (χ4n) is 0.824. The number of rotatable bonds is 4. The Bertz CT molecular complexity index is 241. The van der Waals surface area contributed by atoms with Crippen molar-refractivity contribution in [1.29, 1.82) is 0 Å². The molecule has 12 heavy (non-hydrogen) atoms. The topological polar surface area (TPSA) is 35.2 Å². The molecule has 0 aliphatic carbocycles. The fraction of sp³-hybridized carbons (Fsp3) is 0.200. The largest absolute Gasteiger partial charge is 0.493 e. The summed E-state index contributed by atoms with van der Waals surface area (Å²) in [4.78, 5) is 0. The van der Waals surface area contributed by atoms with E-state index in [9.17, 15) is 0 Å². The molecule has 0 saturated heterocycles. The second-order valence-corrected chi connectivity index (χ2v) is 2.49. The summed E-state index contributed by atoms with van der Waals surface area (Å²) in [6, 6.07) is 7.36. The zero-order chi connectivity index (χ0) is 8.81. The third kappa shape index (κ3) is 2.66. The summed E-state index contributed by atoms with van der Waals surface area (Å²) in [6.45, 7) is 4.28. The average Bonchev–Trinajstić information content (AvgIpc) is 2.09. The van der Waals surface area contributed by atoms with Crippen LogP contribution in [-0.2, 0) is 0 Å². The molecule has 64 valence electrons. The molecule has 0 unspecified atom stereocenters. The van der Waals surface area contributed by atoms with Crippen molar-refractivity contribution in [3.8, 4) is 5.75 Å². The van der Waals surface area contributed by atoms with Crippen molar-refractivity contribution in [3.05, 3.63) is 36.9 Å². The molecule has 2 N–H and O–H groups in total. The molecule has 0 atom stereocenters. The van der Waals surface area contributed by atoms with Crippen LogP contribution in [0.4, 0.5) is 5.69 Å². The van der Waals surface area contributed by atoms with Crippen molar-refractivity contribution < 1.29 is 4.74 Å². The van der Waals surface area contributed by atoms with Gasteiger partial charge in [0.15, 0.2) is 0 Å². The molecule has 0 aromatic heterocycles. The molecule has 0 amide bonds. The molecule has 1 aromatic carbocycles. The molecule has 1 rings (SSSR count). The lowest BCUT2D eigenvalue weighted by atomic mass is 10.3. The molecule has 2 heteroatoms. The van der Waals surface area contributed by atoms with E-state index in [0.717, 1.165) is 17.9 Å². The predicted octanol–water partition coefficient (Wildman–Crippen LogP) is 2.22. The Morgan fingerprint density at radius 2 is 2.00 bits per heavy atom. The van der Waals surface area contributed by atoms with Gasteiger partial charge in [-0.1, -0.05) is 6.08 Å². The highest BCUT2D eigenvalue weighted by Gasteiger charge is 1.90. The molecule has 1 aromatic rings. The zero-order valence-electron chi connectivity index (χ0n) is 6.99. The summed E-state index contributed by atoms with van der Waals surface area (Å²) < 4.78 is 5.37. The Labute approximate surface area is 72.7 Å². The number of nitrogen functional groups attached to an aromatic ring is 1. The Kier molecular flexibility index (Phi) is 3.20. The lowest BCUT2D eigenvalue weighted by Gasteiger charge is -2.03. The summed E-state index contributed by atoms with van der Waals surface area (Å²) in [5.41, 5.74) is 6.27. The van der Waals surface area contributed by atoms with Gasteiger partial charge in [-0.3, -0.25) is 0 Å². The number of benzene rings is 1. The summed E-state index contributed by atoms with van der Waals surface area (Å²) >= 11 is 0. The van der Waals surface area contributed by atoms with Gasteiger partial charge in [0, 0.05) is 5.69 Å². The quantitative estimate of drug-likeness (QED) is 0.419. The molecule has 0 spiro atoms. The minimum Gasteiger partial charge on any atom is -0.493 e. The lowest BCUT2D eigenvalue weighted by molar-refractivity contribution is 0.325. The van der Waals surface area contributed by atoms with Crippen LogP contribution < -0.4 is 10.5 Å². The van der Waals surface area contributed by atoms with E-state index in [1.54, 1.807) is 0 Å².